The van der Waals surface area contributed by atoms with Gasteiger partial charge in [0.15, 0.2) is 0 Å². The number of methoxy groups -OCH3 is 1. The lowest BCUT2D eigenvalue weighted by atomic mass is 10.2. The lowest BCUT2D eigenvalue weighted by molar-refractivity contribution is -0.0762. The fraction of sp³-hybridized carbons (Fsp3) is 0.267. The summed E-state index contributed by atoms with van der Waals surface area (Å²) in [7, 11) is 4.70. The molecule has 1 aromatic carbocycles. The lowest BCUT2D eigenvalue weighted by Gasteiger charge is -2.16. The van der Waals surface area contributed by atoms with Gasteiger partial charge in [0, 0.05) is 23.4 Å². The van der Waals surface area contributed by atoms with Crippen LogP contribution in [-0.2, 0) is 11.4 Å². The maximum Gasteiger partial charge on any atom is 0.293 e. The van der Waals surface area contributed by atoms with Crippen molar-refractivity contribution in [2.45, 2.75) is 6.54 Å². The van der Waals surface area contributed by atoms with E-state index in [0.29, 0.717) is 12.2 Å². The molecule has 0 aliphatic rings. The Kier molecular flexibility index (Phi) is 5.24. The molecule has 112 valence electrons. The monoisotopic (exact) mass is 400 g/mol. The summed E-state index contributed by atoms with van der Waals surface area (Å²) in [4.78, 5) is 17.2. The molecule has 0 fully saturated rings. The van der Waals surface area contributed by atoms with E-state index in [9.17, 15) is 4.79 Å². The summed E-state index contributed by atoms with van der Waals surface area (Å²) < 4.78 is 8.28. The highest BCUT2D eigenvalue weighted by Gasteiger charge is 2.16. The summed E-state index contributed by atoms with van der Waals surface area (Å²) in [6, 6.07) is 9.54. The van der Waals surface area contributed by atoms with Crippen LogP contribution in [0.25, 0.3) is 0 Å². The first-order valence-corrected chi connectivity index (χ1v) is 7.44. The van der Waals surface area contributed by atoms with E-state index in [1.165, 1.54) is 12.2 Å². The molecular formula is C15H17IN2O3. The molecule has 21 heavy (non-hydrogen) atoms. The molecule has 0 unspecified atom stereocenters. The first-order chi connectivity index (χ1) is 10.1. The smallest absolute Gasteiger partial charge is 0.293 e. The van der Waals surface area contributed by atoms with Crippen molar-refractivity contribution in [3.63, 3.8) is 0 Å². The number of rotatable bonds is 5. The maximum atomic E-state index is 12.2. The number of aromatic nitrogens is 1. The van der Waals surface area contributed by atoms with Crippen molar-refractivity contribution in [1.82, 2.24) is 9.63 Å². The van der Waals surface area contributed by atoms with Gasteiger partial charge in [-0.05, 0) is 58.5 Å². The Morgan fingerprint density at radius 2 is 2.10 bits per heavy atom. The third kappa shape index (κ3) is 3.56. The highest BCUT2D eigenvalue weighted by molar-refractivity contribution is 14.1. The van der Waals surface area contributed by atoms with Crippen LogP contribution < -0.4 is 4.74 Å². The van der Waals surface area contributed by atoms with Crippen LogP contribution >= 0.6 is 22.6 Å². The molecule has 0 atom stereocenters. The second-order valence-electron chi connectivity index (χ2n) is 4.46. The SMILES string of the molecule is COc1ccc(I)c(Cn2cccc2C(=O)N(C)OC)c1. The quantitative estimate of drug-likeness (QED) is 0.573. The molecule has 0 bridgehead atoms. The fourth-order valence-electron chi connectivity index (χ4n) is 1.97. The number of hydroxylamine groups is 2. The predicted octanol–water partition coefficient (Wildman–Crippen LogP) is 2.78. The van der Waals surface area contributed by atoms with E-state index >= 15 is 0 Å². The van der Waals surface area contributed by atoms with Crippen molar-refractivity contribution in [2.24, 2.45) is 0 Å². The predicted molar refractivity (Wildman–Crippen MR) is 88.3 cm³/mol. The van der Waals surface area contributed by atoms with Gasteiger partial charge in [-0.2, -0.15) is 0 Å². The zero-order chi connectivity index (χ0) is 15.4. The molecule has 1 heterocycles. The summed E-state index contributed by atoms with van der Waals surface area (Å²) in [5.41, 5.74) is 1.68. The Hall–Kier alpha value is -1.54. The molecule has 0 aliphatic carbocycles. The molecule has 0 aliphatic heterocycles. The number of amides is 1. The van der Waals surface area contributed by atoms with E-state index < -0.39 is 0 Å². The van der Waals surface area contributed by atoms with Crippen molar-refractivity contribution < 1.29 is 14.4 Å². The van der Waals surface area contributed by atoms with Crippen molar-refractivity contribution in [3.05, 3.63) is 51.4 Å². The van der Waals surface area contributed by atoms with Crippen molar-refractivity contribution >= 4 is 28.5 Å². The molecule has 0 saturated carbocycles. The molecule has 1 aromatic heterocycles. The van der Waals surface area contributed by atoms with Crippen LogP contribution in [0.3, 0.4) is 0 Å². The molecule has 5 nitrogen and oxygen atoms in total. The van der Waals surface area contributed by atoms with Gasteiger partial charge in [-0.25, -0.2) is 5.06 Å². The van der Waals surface area contributed by atoms with Crippen molar-refractivity contribution in [3.8, 4) is 5.75 Å². The molecule has 0 N–H and O–H groups in total. The maximum absolute atomic E-state index is 12.2. The van der Waals surface area contributed by atoms with E-state index in [-0.39, 0.29) is 5.91 Å². The van der Waals surface area contributed by atoms with Gasteiger partial charge < -0.3 is 9.30 Å². The summed E-state index contributed by atoms with van der Waals surface area (Å²) in [5, 5.41) is 1.21. The number of benzene rings is 1. The van der Waals surface area contributed by atoms with E-state index in [1.54, 1.807) is 20.2 Å². The van der Waals surface area contributed by atoms with Crippen LogP contribution in [0.4, 0.5) is 0 Å². The molecule has 0 spiro atoms. The topological polar surface area (TPSA) is 43.7 Å². The van der Waals surface area contributed by atoms with Gasteiger partial charge in [0.25, 0.3) is 5.91 Å². The third-order valence-corrected chi connectivity index (χ3v) is 4.25. The summed E-state index contributed by atoms with van der Waals surface area (Å²) in [6.07, 6.45) is 1.88. The minimum absolute atomic E-state index is 0.180. The zero-order valence-electron chi connectivity index (χ0n) is 12.2. The second kappa shape index (κ2) is 6.95. The van der Waals surface area contributed by atoms with Crippen LogP contribution in [-0.4, -0.2) is 36.8 Å². The van der Waals surface area contributed by atoms with Crippen LogP contribution in [0.15, 0.2) is 36.5 Å². The number of hydrogen-bond donors (Lipinski definition) is 0. The van der Waals surface area contributed by atoms with Gasteiger partial charge in [0.2, 0.25) is 0 Å². The molecule has 2 aromatic rings. The summed E-state index contributed by atoms with van der Waals surface area (Å²) in [6.45, 7) is 0.598. The summed E-state index contributed by atoms with van der Waals surface area (Å²) >= 11 is 2.28. The molecule has 0 radical (unpaired) electrons. The number of ether oxygens (including phenoxy) is 1. The van der Waals surface area contributed by atoms with Crippen LogP contribution in [0.2, 0.25) is 0 Å². The molecule has 0 saturated heterocycles. The average molecular weight is 400 g/mol. The Bertz CT molecular complexity index is 640. The van der Waals surface area contributed by atoms with Gasteiger partial charge in [-0.1, -0.05) is 0 Å². The van der Waals surface area contributed by atoms with Crippen LogP contribution in [0.1, 0.15) is 16.1 Å². The fourth-order valence-corrected chi connectivity index (χ4v) is 2.48. The van der Waals surface area contributed by atoms with Crippen molar-refractivity contribution in [1.29, 1.82) is 0 Å². The normalized spacial score (nSPS) is 10.5. The van der Waals surface area contributed by atoms with Gasteiger partial charge in [-0.15, -0.1) is 0 Å². The Labute approximate surface area is 137 Å². The van der Waals surface area contributed by atoms with E-state index in [0.717, 1.165) is 14.9 Å². The van der Waals surface area contributed by atoms with Gasteiger partial charge in [-0.3, -0.25) is 9.63 Å². The van der Waals surface area contributed by atoms with E-state index in [1.807, 2.05) is 35.0 Å². The number of halogens is 1. The zero-order valence-corrected chi connectivity index (χ0v) is 14.3. The number of carbonyl (C=O) groups excluding carboxylic acids is 1. The van der Waals surface area contributed by atoms with Gasteiger partial charge in [0.1, 0.15) is 11.4 Å². The van der Waals surface area contributed by atoms with Gasteiger partial charge in [0.05, 0.1) is 14.2 Å². The third-order valence-electron chi connectivity index (χ3n) is 3.20. The van der Waals surface area contributed by atoms with Crippen LogP contribution in [0, 0.1) is 3.57 Å². The first kappa shape index (κ1) is 15.8. The Balaban J connectivity index is 2.29. The largest absolute Gasteiger partial charge is 0.497 e. The highest BCUT2D eigenvalue weighted by atomic mass is 127. The molecule has 6 heteroatoms. The van der Waals surface area contributed by atoms with E-state index in [4.69, 9.17) is 9.57 Å². The molecular weight excluding hydrogens is 383 g/mol. The van der Waals surface area contributed by atoms with Gasteiger partial charge >= 0.3 is 0 Å². The lowest BCUT2D eigenvalue weighted by Crippen LogP contribution is -2.27. The Morgan fingerprint density at radius 1 is 1.33 bits per heavy atom. The average Bonchev–Trinajstić information content (AvgIpc) is 2.96. The first-order valence-electron chi connectivity index (χ1n) is 6.36. The van der Waals surface area contributed by atoms with Crippen molar-refractivity contribution in [2.75, 3.05) is 21.3 Å². The minimum atomic E-state index is -0.180. The number of hydrogen-bond acceptors (Lipinski definition) is 3. The number of carbonyl (C=O) groups is 1. The standard InChI is InChI=1S/C15H17IN2O3/c1-17(21-3)15(19)14-5-4-8-18(14)10-11-9-12(20-2)6-7-13(11)16/h4-9H,10H2,1-3H3. The minimum Gasteiger partial charge on any atom is -0.497 e. The molecule has 2 rings (SSSR count). The number of nitrogens with zero attached hydrogens (tertiary/aromatic N) is 2. The second-order valence-corrected chi connectivity index (χ2v) is 5.63. The van der Waals surface area contributed by atoms with Crippen LogP contribution in [0.5, 0.6) is 5.75 Å². The van der Waals surface area contributed by atoms with E-state index in [2.05, 4.69) is 22.6 Å². The summed E-state index contributed by atoms with van der Waals surface area (Å²) in [5.74, 6) is 0.625. The highest BCUT2D eigenvalue weighted by Crippen LogP contribution is 2.21. The Morgan fingerprint density at radius 3 is 2.76 bits per heavy atom. The molecule has 1 amide bonds.